The lowest BCUT2D eigenvalue weighted by molar-refractivity contribution is -0.137. The molecule has 2 N–H and O–H groups in total. The highest BCUT2D eigenvalue weighted by molar-refractivity contribution is 5.59. The Balaban J connectivity index is 3.05. The van der Waals surface area contributed by atoms with Crippen molar-refractivity contribution >= 4 is 12.0 Å². The average Bonchev–Trinajstić information content (AvgIpc) is 2.04. The van der Waals surface area contributed by atoms with Crippen LogP contribution in [0.4, 0.5) is 18.9 Å². The smallest absolute Gasteiger partial charge is 0.390 e. The van der Waals surface area contributed by atoms with Crippen molar-refractivity contribution in [1.29, 1.82) is 0 Å². The van der Waals surface area contributed by atoms with Gasteiger partial charge in [0.05, 0.1) is 17.6 Å². The van der Waals surface area contributed by atoms with Crippen molar-refractivity contribution in [2.45, 2.75) is 6.18 Å². The van der Waals surface area contributed by atoms with Gasteiger partial charge in [0, 0.05) is 0 Å². The van der Waals surface area contributed by atoms with E-state index in [9.17, 15) is 13.2 Å². The highest BCUT2D eigenvalue weighted by Gasteiger charge is 2.30. The summed E-state index contributed by atoms with van der Waals surface area (Å²) in [4.78, 5) is 3.53. The topological polar surface area (TPSA) is 38.4 Å². The number of benzene rings is 1. The minimum atomic E-state index is -4.33. The summed E-state index contributed by atoms with van der Waals surface area (Å²) in [5.74, 6) is 0. The Labute approximate surface area is 72.9 Å². The number of halogens is 3. The molecule has 0 aliphatic heterocycles. The van der Waals surface area contributed by atoms with Gasteiger partial charge in [-0.05, 0) is 18.2 Å². The zero-order valence-electron chi connectivity index (χ0n) is 6.55. The first-order chi connectivity index (χ1) is 6.04. The number of hydrogen-bond acceptors (Lipinski definition) is 1. The zero-order valence-corrected chi connectivity index (χ0v) is 6.55. The third kappa shape index (κ3) is 2.47. The van der Waals surface area contributed by atoms with E-state index in [0.29, 0.717) is 0 Å². The molecule has 0 atom stereocenters. The van der Waals surface area contributed by atoms with Crippen LogP contribution in [0.3, 0.4) is 0 Å². The molecule has 0 saturated heterocycles. The summed E-state index contributed by atoms with van der Waals surface area (Å²) in [5, 5.41) is 0. The molecule has 70 valence electrons. The van der Waals surface area contributed by atoms with Crippen LogP contribution in [-0.2, 0) is 6.18 Å². The number of nitrogens with zero attached hydrogens (tertiary/aromatic N) is 1. The molecule has 2 nitrogen and oxygen atoms in total. The van der Waals surface area contributed by atoms with Crippen LogP contribution in [0, 0.1) is 0 Å². The summed E-state index contributed by atoms with van der Waals surface area (Å²) >= 11 is 0. The van der Waals surface area contributed by atoms with Crippen molar-refractivity contribution in [3.63, 3.8) is 0 Å². The summed E-state index contributed by atoms with van der Waals surface area (Å²) in [7, 11) is 0. The quantitative estimate of drug-likeness (QED) is 0.533. The number of rotatable bonds is 1. The maximum atomic E-state index is 12.1. The van der Waals surface area contributed by atoms with Crippen molar-refractivity contribution in [2.24, 2.45) is 10.7 Å². The SMILES string of the molecule is NC=Nc1cccc(C(F)(F)F)c1. The van der Waals surface area contributed by atoms with E-state index >= 15 is 0 Å². The molecule has 0 spiro atoms. The lowest BCUT2D eigenvalue weighted by Gasteiger charge is -2.05. The number of nitrogens with two attached hydrogens (primary N) is 1. The minimum absolute atomic E-state index is 0.192. The van der Waals surface area contributed by atoms with E-state index in [1.807, 2.05) is 0 Å². The van der Waals surface area contributed by atoms with Gasteiger partial charge in [0.1, 0.15) is 0 Å². The zero-order chi connectivity index (χ0) is 9.90. The van der Waals surface area contributed by atoms with Gasteiger partial charge < -0.3 is 5.73 Å². The second-order valence-electron chi connectivity index (χ2n) is 2.33. The molecule has 0 amide bonds. The van der Waals surface area contributed by atoms with Crippen LogP contribution >= 0.6 is 0 Å². The summed E-state index contributed by atoms with van der Waals surface area (Å²) in [6.07, 6.45) is -3.38. The van der Waals surface area contributed by atoms with E-state index in [0.717, 1.165) is 18.5 Å². The number of hydrogen-bond donors (Lipinski definition) is 1. The van der Waals surface area contributed by atoms with Crippen molar-refractivity contribution in [2.75, 3.05) is 0 Å². The van der Waals surface area contributed by atoms with E-state index in [-0.39, 0.29) is 5.69 Å². The van der Waals surface area contributed by atoms with Crippen LogP contribution in [0.25, 0.3) is 0 Å². The lowest BCUT2D eigenvalue weighted by atomic mass is 10.2. The van der Waals surface area contributed by atoms with Crippen molar-refractivity contribution in [1.82, 2.24) is 0 Å². The van der Waals surface area contributed by atoms with Gasteiger partial charge >= 0.3 is 6.18 Å². The molecule has 1 aromatic carbocycles. The maximum absolute atomic E-state index is 12.1. The molecule has 0 aliphatic rings. The summed E-state index contributed by atoms with van der Waals surface area (Å²) in [6.45, 7) is 0. The lowest BCUT2D eigenvalue weighted by Crippen LogP contribution is -2.03. The second-order valence-corrected chi connectivity index (χ2v) is 2.33. The highest BCUT2D eigenvalue weighted by atomic mass is 19.4. The maximum Gasteiger partial charge on any atom is 0.416 e. The van der Waals surface area contributed by atoms with Gasteiger partial charge in [0.25, 0.3) is 0 Å². The molecule has 13 heavy (non-hydrogen) atoms. The predicted octanol–water partition coefficient (Wildman–Crippen LogP) is 2.32. The first-order valence-electron chi connectivity index (χ1n) is 3.45. The predicted molar refractivity (Wildman–Crippen MR) is 43.8 cm³/mol. The Morgan fingerprint density at radius 3 is 2.54 bits per heavy atom. The summed E-state index contributed by atoms with van der Waals surface area (Å²) in [5.41, 5.74) is 4.41. The Bertz CT molecular complexity index is 317. The van der Waals surface area contributed by atoms with Crippen LogP contribution < -0.4 is 5.73 Å². The van der Waals surface area contributed by atoms with Crippen LogP contribution in [0.5, 0.6) is 0 Å². The van der Waals surface area contributed by atoms with Crippen molar-refractivity contribution in [3.05, 3.63) is 29.8 Å². The van der Waals surface area contributed by atoms with E-state index in [1.165, 1.54) is 12.1 Å². The normalized spacial score (nSPS) is 12.2. The van der Waals surface area contributed by atoms with Gasteiger partial charge in [-0.25, -0.2) is 4.99 Å². The molecule has 0 radical (unpaired) electrons. The van der Waals surface area contributed by atoms with Crippen LogP contribution in [-0.4, -0.2) is 6.34 Å². The third-order valence-corrected chi connectivity index (χ3v) is 1.40. The van der Waals surface area contributed by atoms with E-state index in [2.05, 4.69) is 4.99 Å². The number of aliphatic imine (C=N–C) groups is 1. The molecule has 0 bridgehead atoms. The highest BCUT2D eigenvalue weighted by Crippen LogP contribution is 2.31. The van der Waals surface area contributed by atoms with Gasteiger partial charge in [-0.1, -0.05) is 6.07 Å². The van der Waals surface area contributed by atoms with Crippen LogP contribution in [0.1, 0.15) is 5.56 Å². The molecular weight excluding hydrogens is 181 g/mol. The van der Waals surface area contributed by atoms with E-state index in [1.54, 1.807) is 0 Å². The Kier molecular flexibility index (Phi) is 2.55. The van der Waals surface area contributed by atoms with Crippen LogP contribution in [0.15, 0.2) is 29.3 Å². The van der Waals surface area contributed by atoms with Gasteiger partial charge in [-0.15, -0.1) is 0 Å². The standard InChI is InChI=1S/C8H7F3N2/c9-8(10,11)6-2-1-3-7(4-6)13-5-12/h1-5H,(H2,12,13). The molecule has 0 saturated carbocycles. The third-order valence-electron chi connectivity index (χ3n) is 1.40. The molecule has 0 heterocycles. The first-order valence-corrected chi connectivity index (χ1v) is 3.45. The minimum Gasteiger partial charge on any atom is -0.390 e. The fraction of sp³-hybridized carbons (Fsp3) is 0.125. The van der Waals surface area contributed by atoms with Gasteiger partial charge in [-0.2, -0.15) is 13.2 Å². The van der Waals surface area contributed by atoms with Crippen molar-refractivity contribution in [3.8, 4) is 0 Å². The molecule has 0 unspecified atom stereocenters. The second kappa shape index (κ2) is 3.47. The monoisotopic (exact) mass is 188 g/mol. The van der Waals surface area contributed by atoms with Crippen LogP contribution in [0.2, 0.25) is 0 Å². The number of alkyl halides is 3. The Morgan fingerprint density at radius 2 is 2.00 bits per heavy atom. The molecular formula is C8H7F3N2. The van der Waals surface area contributed by atoms with Crippen molar-refractivity contribution < 1.29 is 13.2 Å². The molecule has 1 rings (SSSR count). The molecule has 5 heteroatoms. The fourth-order valence-electron chi connectivity index (χ4n) is 0.849. The van der Waals surface area contributed by atoms with E-state index < -0.39 is 11.7 Å². The Morgan fingerprint density at radius 1 is 1.31 bits per heavy atom. The summed E-state index contributed by atoms with van der Waals surface area (Å²) in [6, 6.07) is 4.64. The first kappa shape index (κ1) is 9.57. The fourth-order valence-corrected chi connectivity index (χ4v) is 0.849. The molecule has 1 aromatic rings. The molecule has 0 aromatic heterocycles. The Hall–Kier alpha value is -1.52. The van der Waals surface area contributed by atoms with Gasteiger partial charge in [0.2, 0.25) is 0 Å². The largest absolute Gasteiger partial charge is 0.416 e. The van der Waals surface area contributed by atoms with Gasteiger partial charge in [-0.3, -0.25) is 0 Å². The average molecular weight is 188 g/mol. The molecule has 0 fully saturated rings. The van der Waals surface area contributed by atoms with E-state index in [4.69, 9.17) is 5.73 Å². The molecule has 0 aliphatic carbocycles. The van der Waals surface area contributed by atoms with Gasteiger partial charge in [0.15, 0.2) is 0 Å². The summed E-state index contributed by atoms with van der Waals surface area (Å²) < 4.78 is 36.4.